The van der Waals surface area contributed by atoms with Gasteiger partial charge in [-0.3, -0.25) is 9.59 Å². The maximum atomic E-state index is 12.1. The van der Waals surface area contributed by atoms with Crippen LogP contribution in [0.2, 0.25) is 0 Å². The van der Waals surface area contributed by atoms with Crippen molar-refractivity contribution in [3.8, 4) is 0 Å². The molecule has 0 radical (unpaired) electrons. The van der Waals surface area contributed by atoms with Crippen LogP contribution in [0.3, 0.4) is 0 Å². The maximum Gasteiger partial charge on any atom is 0.251 e. The first-order valence-corrected chi connectivity index (χ1v) is 7.56. The number of aromatic nitrogens is 1. The number of nitrogens with one attached hydrogen (secondary N) is 1. The van der Waals surface area contributed by atoms with Gasteiger partial charge in [-0.2, -0.15) is 11.3 Å². The lowest BCUT2D eigenvalue weighted by Crippen LogP contribution is -2.35. The number of thiophene rings is 1. The number of pyridine rings is 1. The van der Waals surface area contributed by atoms with Gasteiger partial charge >= 0.3 is 0 Å². The molecule has 0 saturated carbocycles. The molecule has 0 aliphatic rings. The molecule has 2 rings (SSSR count). The second kappa shape index (κ2) is 6.69. The zero-order chi connectivity index (χ0) is 15.4. The lowest BCUT2D eigenvalue weighted by atomic mass is 10.1. The van der Waals surface area contributed by atoms with Crippen molar-refractivity contribution in [1.29, 1.82) is 0 Å². The molecule has 0 aliphatic heterocycles. The van der Waals surface area contributed by atoms with E-state index in [9.17, 15) is 9.59 Å². The molecule has 1 atom stereocenters. The van der Waals surface area contributed by atoms with Gasteiger partial charge in [-0.15, -0.1) is 0 Å². The molecule has 0 bridgehead atoms. The highest BCUT2D eigenvalue weighted by atomic mass is 32.1. The number of amides is 1. The molecule has 0 fully saturated rings. The van der Waals surface area contributed by atoms with Crippen molar-refractivity contribution >= 4 is 17.2 Å². The zero-order valence-electron chi connectivity index (χ0n) is 12.4. The van der Waals surface area contributed by atoms with Crippen molar-refractivity contribution < 1.29 is 4.79 Å². The summed E-state index contributed by atoms with van der Waals surface area (Å²) in [7, 11) is 5.61. The summed E-state index contributed by atoms with van der Waals surface area (Å²) >= 11 is 1.64. The third-order valence-corrected chi connectivity index (χ3v) is 4.08. The van der Waals surface area contributed by atoms with E-state index in [1.807, 2.05) is 19.5 Å². The van der Waals surface area contributed by atoms with Crippen LogP contribution in [0, 0.1) is 0 Å². The van der Waals surface area contributed by atoms with E-state index >= 15 is 0 Å². The molecule has 1 N–H and O–H groups in total. The van der Waals surface area contributed by atoms with Crippen LogP contribution >= 0.6 is 11.3 Å². The number of likely N-dealkylation sites (N-methyl/N-ethyl adjacent to an activating group) is 1. The van der Waals surface area contributed by atoms with Gasteiger partial charge in [0.25, 0.3) is 11.5 Å². The minimum Gasteiger partial charge on any atom is -0.350 e. The van der Waals surface area contributed by atoms with E-state index in [4.69, 9.17) is 0 Å². The number of carbonyl (C=O) groups is 1. The van der Waals surface area contributed by atoms with E-state index in [1.54, 1.807) is 30.6 Å². The molecule has 0 aliphatic carbocycles. The van der Waals surface area contributed by atoms with Crippen molar-refractivity contribution in [2.45, 2.75) is 6.04 Å². The Labute approximate surface area is 127 Å². The van der Waals surface area contributed by atoms with Crippen molar-refractivity contribution in [2.75, 3.05) is 20.6 Å². The van der Waals surface area contributed by atoms with Gasteiger partial charge < -0.3 is 14.8 Å². The minimum absolute atomic E-state index is 0.117. The van der Waals surface area contributed by atoms with Gasteiger partial charge in [0.15, 0.2) is 0 Å². The van der Waals surface area contributed by atoms with Crippen molar-refractivity contribution in [3.63, 3.8) is 0 Å². The molecule has 5 nitrogen and oxygen atoms in total. The predicted octanol–water partition coefficient (Wildman–Crippen LogP) is 1.48. The Morgan fingerprint density at radius 3 is 2.76 bits per heavy atom. The predicted molar refractivity (Wildman–Crippen MR) is 84.8 cm³/mol. The maximum absolute atomic E-state index is 12.1. The average molecular weight is 305 g/mol. The summed E-state index contributed by atoms with van der Waals surface area (Å²) in [5.41, 5.74) is 1.37. The zero-order valence-corrected chi connectivity index (χ0v) is 13.2. The first-order chi connectivity index (χ1) is 9.99. The van der Waals surface area contributed by atoms with Gasteiger partial charge in [0.1, 0.15) is 0 Å². The summed E-state index contributed by atoms with van der Waals surface area (Å²) < 4.78 is 1.44. The summed E-state index contributed by atoms with van der Waals surface area (Å²) in [6.45, 7) is 0.498. The van der Waals surface area contributed by atoms with Gasteiger partial charge in [-0.1, -0.05) is 0 Å². The highest BCUT2D eigenvalue weighted by Crippen LogP contribution is 2.20. The third kappa shape index (κ3) is 3.80. The summed E-state index contributed by atoms with van der Waals surface area (Å²) in [4.78, 5) is 25.7. The molecular formula is C15H19N3O2S. The smallest absolute Gasteiger partial charge is 0.251 e. The Morgan fingerprint density at radius 1 is 1.43 bits per heavy atom. The molecule has 21 heavy (non-hydrogen) atoms. The van der Waals surface area contributed by atoms with Crippen LogP contribution in [0.15, 0.2) is 40.0 Å². The Balaban J connectivity index is 2.05. The minimum atomic E-state index is -0.227. The summed E-state index contributed by atoms with van der Waals surface area (Å²) in [5.74, 6) is -0.227. The van der Waals surface area contributed by atoms with E-state index in [0.717, 1.165) is 0 Å². The fraction of sp³-hybridized carbons (Fsp3) is 0.333. The fourth-order valence-electron chi connectivity index (χ4n) is 2.04. The van der Waals surface area contributed by atoms with Crippen LogP contribution in [0.25, 0.3) is 0 Å². The molecule has 0 saturated heterocycles. The monoisotopic (exact) mass is 305 g/mol. The van der Waals surface area contributed by atoms with Gasteiger partial charge in [0, 0.05) is 31.4 Å². The Hall–Kier alpha value is -1.92. The number of nitrogens with zero attached hydrogens (tertiary/aromatic N) is 2. The molecule has 0 aromatic carbocycles. The SMILES string of the molecule is CN(C)[C@H](CNC(=O)c1ccn(C)c(=O)c1)c1ccsc1. The largest absolute Gasteiger partial charge is 0.350 e. The van der Waals surface area contributed by atoms with Crippen LogP contribution in [0.5, 0.6) is 0 Å². The van der Waals surface area contributed by atoms with Crippen molar-refractivity contribution in [2.24, 2.45) is 7.05 Å². The highest BCUT2D eigenvalue weighted by Gasteiger charge is 2.16. The van der Waals surface area contributed by atoms with E-state index < -0.39 is 0 Å². The van der Waals surface area contributed by atoms with E-state index in [0.29, 0.717) is 12.1 Å². The Kier molecular flexibility index (Phi) is 4.93. The van der Waals surface area contributed by atoms with Crippen molar-refractivity contribution in [3.05, 3.63) is 56.6 Å². The van der Waals surface area contributed by atoms with E-state index in [-0.39, 0.29) is 17.5 Å². The summed E-state index contributed by atoms with van der Waals surface area (Å²) in [6, 6.07) is 5.17. The Morgan fingerprint density at radius 2 is 2.19 bits per heavy atom. The lowest BCUT2D eigenvalue weighted by Gasteiger charge is -2.24. The molecule has 0 unspecified atom stereocenters. The number of rotatable bonds is 5. The fourth-order valence-corrected chi connectivity index (χ4v) is 2.75. The quantitative estimate of drug-likeness (QED) is 0.910. The number of hydrogen-bond donors (Lipinski definition) is 1. The summed E-state index contributed by atoms with van der Waals surface area (Å²) in [5, 5.41) is 6.99. The second-order valence-electron chi connectivity index (χ2n) is 5.11. The topological polar surface area (TPSA) is 54.3 Å². The van der Waals surface area contributed by atoms with Crippen LogP contribution in [0.4, 0.5) is 0 Å². The van der Waals surface area contributed by atoms with Gasteiger partial charge in [-0.05, 0) is 42.6 Å². The summed E-state index contributed by atoms with van der Waals surface area (Å²) in [6.07, 6.45) is 1.60. The molecule has 1 amide bonds. The molecule has 2 heterocycles. The molecule has 2 aromatic heterocycles. The Bertz CT molecular complexity index is 662. The van der Waals surface area contributed by atoms with E-state index in [2.05, 4.69) is 21.7 Å². The molecule has 6 heteroatoms. The lowest BCUT2D eigenvalue weighted by molar-refractivity contribution is 0.0941. The van der Waals surface area contributed by atoms with Crippen LogP contribution < -0.4 is 10.9 Å². The average Bonchev–Trinajstić information content (AvgIpc) is 2.95. The van der Waals surface area contributed by atoms with Gasteiger partial charge in [-0.25, -0.2) is 0 Å². The van der Waals surface area contributed by atoms with Gasteiger partial charge in [0.2, 0.25) is 0 Å². The van der Waals surface area contributed by atoms with Crippen LogP contribution in [-0.4, -0.2) is 36.0 Å². The normalized spacial score (nSPS) is 12.4. The van der Waals surface area contributed by atoms with E-state index in [1.165, 1.54) is 16.2 Å². The number of carbonyl (C=O) groups excluding carboxylic acids is 1. The van der Waals surface area contributed by atoms with Gasteiger partial charge in [0.05, 0.1) is 6.04 Å². The van der Waals surface area contributed by atoms with Crippen LogP contribution in [0.1, 0.15) is 22.0 Å². The molecular weight excluding hydrogens is 286 g/mol. The molecule has 112 valence electrons. The first kappa shape index (κ1) is 15.5. The standard InChI is InChI=1S/C15H19N3O2S/c1-17(2)13(12-5-7-21-10-12)9-16-15(20)11-4-6-18(3)14(19)8-11/h4-8,10,13H,9H2,1-3H3,(H,16,20)/t13-/m1/s1. The van der Waals surface area contributed by atoms with Crippen LogP contribution in [-0.2, 0) is 7.05 Å². The first-order valence-electron chi connectivity index (χ1n) is 6.62. The number of aryl methyl sites for hydroxylation is 1. The molecule has 0 spiro atoms. The third-order valence-electron chi connectivity index (χ3n) is 3.37. The number of hydrogen-bond acceptors (Lipinski definition) is 4. The second-order valence-corrected chi connectivity index (χ2v) is 5.89. The highest BCUT2D eigenvalue weighted by molar-refractivity contribution is 7.07. The van der Waals surface area contributed by atoms with Crippen molar-refractivity contribution in [1.82, 2.24) is 14.8 Å². The molecule has 2 aromatic rings.